The first-order valence-electron chi connectivity index (χ1n) is 9.38. The molecule has 1 amide bonds. The van der Waals surface area contributed by atoms with Gasteiger partial charge in [0.15, 0.2) is 0 Å². The Bertz CT molecular complexity index is 916. The summed E-state index contributed by atoms with van der Waals surface area (Å²) in [6.07, 6.45) is -0.0388. The number of hydrogen-bond donors (Lipinski definition) is 1. The van der Waals surface area contributed by atoms with Crippen molar-refractivity contribution in [1.29, 1.82) is 0 Å². The van der Waals surface area contributed by atoms with E-state index in [1.165, 1.54) is 6.20 Å². The van der Waals surface area contributed by atoms with Crippen LogP contribution in [0.5, 0.6) is 5.88 Å². The van der Waals surface area contributed by atoms with Crippen molar-refractivity contribution in [3.63, 3.8) is 0 Å². The lowest BCUT2D eigenvalue weighted by molar-refractivity contribution is -0.192. The number of pyridine rings is 1. The summed E-state index contributed by atoms with van der Waals surface area (Å²) in [5.74, 6) is -0.465. The van der Waals surface area contributed by atoms with Crippen molar-refractivity contribution in [1.82, 2.24) is 15.0 Å². The molecule has 0 radical (unpaired) electrons. The van der Waals surface area contributed by atoms with E-state index in [0.717, 1.165) is 25.3 Å². The van der Waals surface area contributed by atoms with E-state index in [9.17, 15) is 18.0 Å². The van der Waals surface area contributed by atoms with Crippen molar-refractivity contribution in [3.8, 4) is 5.88 Å². The van der Waals surface area contributed by atoms with E-state index in [2.05, 4.69) is 10.1 Å². The number of aliphatic carboxylic acids is 1. The molecule has 0 bridgehead atoms. The molecule has 4 rings (SSSR count). The Labute approximate surface area is 179 Å². The molecule has 12 heteroatoms. The summed E-state index contributed by atoms with van der Waals surface area (Å²) < 4.78 is 42.9. The highest BCUT2D eigenvalue weighted by molar-refractivity contribution is 8.01. The van der Waals surface area contributed by atoms with Gasteiger partial charge in [-0.25, -0.2) is 9.78 Å². The molecule has 0 aromatic carbocycles. The third-order valence-corrected chi connectivity index (χ3v) is 6.36. The number of likely N-dealkylation sites (tertiary alicyclic amines) is 1. The van der Waals surface area contributed by atoms with Crippen molar-refractivity contribution in [3.05, 3.63) is 41.9 Å². The topological polar surface area (TPSA) is 106 Å². The number of amides is 1. The molecule has 2 aromatic heterocycles. The van der Waals surface area contributed by atoms with Gasteiger partial charge >= 0.3 is 12.1 Å². The molecule has 31 heavy (non-hydrogen) atoms. The van der Waals surface area contributed by atoms with Crippen LogP contribution in [0.1, 0.15) is 29.5 Å². The molecule has 1 N–H and O–H groups in total. The third-order valence-electron chi connectivity index (χ3n) is 4.78. The largest absolute Gasteiger partial charge is 0.490 e. The Hall–Kier alpha value is -2.76. The molecule has 2 aromatic rings. The Balaban J connectivity index is 0.000000339. The third kappa shape index (κ3) is 5.49. The van der Waals surface area contributed by atoms with Crippen LogP contribution in [-0.2, 0) is 11.2 Å². The van der Waals surface area contributed by atoms with Crippen LogP contribution in [0.2, 0.25) is 0 Å². The normalized spacial score (nSPS) is 19.4. The first kappa shape index (κ1) is 22.9. The molecule has 2 saturated heterocycles. The lowest BCUT2D eigenvalue weighted by Crippen LogP contribution is -2.60. The molecule has 2 aliphatic heterocycles. The summed E-state index contributed by atoms with van der Waals surface area (Å²) in [6, 6.07) is 5.68. The maximum absolute atomic E-state index is 12.6. The van der Waals surface area contributed by atoms with E-state index in [0.29, 0.717) is 23.6 Å². The molecule has 8 nitrogen and oxygen atoms in total. The van der Waals surface area contributed by atoms with Crippen LogP contribution in [0.15, 0.2) is 35.1 Å². The van der Waals surface area contributed by atoms with Gasteiger partial charge in [-0.2, -0.15) is 13.2 Å². The van der Waals surface area contributed by atoms with Crippen molar-refractivity contribution >= 4 is 23.6 Å². The van der Waals surface area contributed by atoms with Gasteiger partial charge in [0, 0.05) is 43.9 Å². The van der Waals surface area contributed by atoms with Crippen LogP contribution in [0.25, 0.3) is 0 Å². The van der Waals surface area contributed by atoms with E-state index in [1.807, 2.05) is 41.8 Å². The second kappa shape index (κ2) is 9.16. The molecule has 2 aliphatic rings. The van der Waals surface area contributed by atoms with Crippen LogP contribution in [-0.4, -0.2) is 67.9 Å². The van der Waals surface area contributed by atoms with Gasteiger partial charge in [-0.05, 0) is 6.07 Å². The van der Waals surface area contributed by atoms with E-state index in [4.69, 9.17) is 19.2 Å². The lowest BCUT2D eigenvalue weighted by Gasteiger charge is -2.47. The number of thioether (sulfide) groups is 1. The number of carboxylic acid groups (broad SMARTS) is 1. The molecule has 4 heterocycles. The quantitative estimate of drug-likeness (QED) is 0.744. The van der Waals surface area contributed by atoms with Crippen molar-refractivity contribution < 1.29 is 37.1 Å². The summed E-state index contributed by atoms with van der Waals surface area (Å²) in [4.78, 5) is 27.5. The number of carbonyl (C=O) groups excluding carboxylic acids is 1. The summed E-state index contributed by atoms with van der Waals surface area (Å²) in [6.45, 7) is 3.47. The van der Waals surface area contributed by atoms with Gasteiger partial charge in [0.25, 0.3) is 5.91 Å². The Morgan fingerprint density at radius 1 is 1.39 bits per heavy atom. The van der Waals surface area contributed by atoms with Crippen LogP contribution >= 0.6 is 11.8 Å². The minimum Gasteiger partial charge on any atom is -0.475 e. The Morgan fingerprint density at radius 3 is 2.68 bits per heavy atom. The van der Waals surface area contributed by atoms with Crippen molar-refractivity contribution in [2.75, 3.05) is 18.8 Å². The second-order valence-electron chi connectivity index (χ2n) is 7.09. The van der Waals surface area contributed by atoms with E-state index < -0.39 is 12.1 Å². The molecular formula is C19H20F3N3O5S. The molecular weight excluding hydrogens is 439 g/mol. The maximum Gasteiger partial charge on any atom is 0.490 e. The van der Waals surface area contributed by atoms with Crippen LogP contribution in [0, 0.1) is 0 Å². The number of aryl methyl sites for hydroxylation is 1. The highest BCUT2D eigenvalue weighted by atomic mass is 32.2. The van der Waals surface area contributed by atoms with E-state index in [1.54, 1.807) is 6.20 Å². The molecule has 1 spiro atoms. The number of rotatable bonds is 4. The van der Waals surface area contributed by atoms with Crippen LogP contribution in [0.3, 0.4) is 0 Å². The predicted octanol–water partition coefficient (Wildman–Crippen LogP) is 3.04. The summed E-state index contributed by atoms with van der Waals surface area (Å²) >= 11 is 1.90. The lowest BCUT2D eigenvalue weighted by atomic mass is 9.92. The fourth-order valence-corrected chi connectivity index (χ4v) is 4.87. The SMILES string of the molecule is CCc1oncc1C(=O)N1CC2(CC(Oc3ccccn3)CS2)C1.O=C(O)C(F)(F)F. The monoisotopic (exact) mass is 459 g/mol. The zero-order valence-corrected chi connectivity index (χ0v) is 17.3. The number of carboxylic acids is 1. The van der Waals surface area contributed by atoms with E-state index >= 15 is 0 Å². The number of carbonyl (C=O) groups is 2. The molecule has 0 aliphatic carbocycles. The first-order chi connectivity index (χ1) is 14.6. The van der Waals surface area contributed by atoms with Gasteiger partial charge < -0.3 is 19.3 Å². The number of aromatic nitrogens is 2. The summed E-state index contributed by atoms with van der Waals surface area (Å²) in [5, 5.41) is 10.9. The fourth-order valence-electron chi connectivity index (χ4n) is 3.34. The number of halogens is 3. The minimum absolute atomic E-state index is 0.0217. The summed E-state index contributed by atoms with van der Waals surface area (Å²) in [5.41, 5.74) is 0.594. The number of ether oxygens (including phenoxy) is 1. The zero-order valence-electron chi connectivity index (χ0n) is 16.5. The maximum atomic E-state index is 12.6. The summed E-state index contributed by atoms with van der Waals surface area (Å²) in [7, 11) is 0. The molecule has 1 atom stereocenters. The Kier molecular flexibility index (Phi) is 6.77. The average Bonchev–Trinajstić information content (AvgIpc) is 3.34. The van der Waals surface area contributed by atoms with Gasteiger partial charge in [-0.15, -0.1) is 11.8 Å². The number of nitrogens with zero attached hydrogens (tertiary/aromatic N) is 3. The number of hydrogen-bond acceptors (Lipinski definition) is 7. The molecule has 0 saturated carbocycles. The fraction of sp³-hybridized carbons (Fsp3) is 0.474. The molecule has 2 fully saturated rings. The second-order valence-corrected chi connectivity index (χ2v) is 8.57. The predicted molar refractivity (Wildman–Crippen MR) is 104 cm³/mol. The molecule has 168 valence electrons. The first-order valence-corrected chi connectivity index (χ1v) is 10.4. The van der Waals surface area contributed by atoms with Gasteiger partial charge in [0.1, 0.15) is 17.4 Å². The number of alkyl halides is 3. The highest BCUT2D eigenvalue weighted by Gasteiger charge is 2.51. The van der Waals surface area contributed by atoms with Crippen LogP contribution < -0.4 is 4.74 Å². The minimum atomic E-state index is -5.08. The highest BCUT2D eigenvalue weighted by Crippen LogP contribution is 2.46. The van der Waals surface area contributed by atoms with E-state index in [-0.39, 0.29) is 16.8 Å². The van der Waals surface area contributed by atoms with Crippen molar-refractivity contribution in [2.45, 2.75) is 36.8 Å². The van der Waals surface area contributed by atoms with Gasteiger partial charge in [0.05, 0.1) is 10.9 Å². The van der Waals surface area contributed by atoms with Gasteiger partial charge in [0.2, 0.25) is 5.88 Å². The van der Waals surface area contributed by atoms with Gasteiger partial charge in [-0.1, -0.05) is 18.1 Å². The molecule has 1 unspecified atom stereocenters. The smallest absolute Gasteiger partial charge is 0.475 e. The van der Waals surface area contributed by atoms with Crippen molar-refractivity contribution in [2.24, 2.45) is 0 Å². The van der Waals surface area contributed by atoms with Gasteiger partial charge in [-0.3, -0.25) is 4.79 Å². The van der Waals surface area contributed by atoms with Crippen LogP contribution in [0.4, 0.5) is 13.2 Å². The zero-order chi connectivity index (χ0) is 22.6. The average molecular weight is 459 g/mol. The Morgan fingerprint density at radius 2 is 2.10 bits per heavy atom. The standard InChI is InChI=1S/C17H19N3O3S.C2HF3O2/c1-2-14-13(8-19-23-14)16(21)20-10-17(11-20)7-12(9-24-17)22-15-5-3-4-6-18-15;3-2(4,5)1(6)7/h3-6,8,12H,2,7,9-11H2,1H3;(H,6,7).